The lowest BCUT2D eigenvalue weighted by atomic mass is 10.1. The smallest absolute Gasteiger partial charge is 0.193 e. The Morgan fingerprint density at radius 2 is 1.81 bits per heavy atom. The van der Waals surface area contributed by atoms with Crippen LogP contribution in [-0.4, -0.2) is 13.1 Å². The molecule has 0 radical (unpaired) electrons. The zero-order chi connectivity index (χ0) is 15.2. The van der Waals surface area contributed by atoms with Crippen LogP contribution in [0.1, 0.15) is 16.7 Å². The van der Waals surface area contributed by atoms with Crippen LogP contribution < -0.4 is 15.8 Å². The van der Waals surface area contributed by atoms with Crippen molar-refractivity contribution in [3.05, 3.63) is 59.2 Å². The van der Waals surface area contributed by atoms with Crippen LogP contribution in [0.25, 0.3) is 0 Å². The number of para-hydroxylation sites is 1. The molecule has 0 aliphatic rings. The Hall–Kier alpha value is -2.49. The van der Waals surface area contributed by atoms with Gasteiger partial charge in [0.15, 0.2) is 5.96 Å². The highest BCUT2D eigenvalue weighted by Gasteiger charge is 2.01. The molecule has 0 bridgehead atoms. The summed E-state index contributed by atoms with van der Waals surface area (Å²) in [7, 11) is 1.65. The fourth-order valence-corrected chi connectivity index (χ4v) is 2.24. The third kappa shape index (κ3) is 4.24. The zero-order valence-corrected chi connectivity index (χ0v) is 12.7. The molecule has 0 saturated heterocycles. The molecule has 0 unspecified atom stereocenters. The highest BCUT2D eigenvalue weighted by Crippen LogP contribution is 2.18. The summed E-state index contributed by atoms with van der Waals surface area (Å²) in [4.78, 5) is 4.36. The fourth-order valence-electron chi connectivity index (χ4n) is 2.24. The molecule has 2 aromatic carbocycles. The molecule has 4 nitrogen and oxygen atoms in total. The van der Waals surface area contributed by atoms with Crippen molar-refractivity contribution in [3.63, 3.8) is 0 Å². The topological polar surface area (TPSA) is 59.6 Å². The van der Waals surface area contributed by atoms with Gasteiger partial charge >= 0.3 is 0 Å². The largest absolute Gasteiger partial charge is 0.496 e. The van der Waals surface area contributed by atoms with E-state index in [0.29, 0.717) is 12.5 Å². The normalized spacial score (nSPS) is 11.3. The van der Waals surface area contributed by atoms with Gasteiger partial charge in [-0.05, 0) is 43.2 Å². The lowest BCUT2D eigenvalue weighted by molar-refractivity contribution is 0.410. The highest BCUT2D eigenvalue weighted by atomic mass is 16.5. The van der Waals surface area contributed by atoms with E-state index < -0.39 is 0 Å². The van der Waals surface area contributed by atoms with Gasteiger partial charge < -0.3 is 15.8 Å². The number of hydrogen-bond donors (Lipinski definition) is 2. The predicted molar refractivity (Wildman–Crippen MR) is 87.9 cm³/mol. The Kier molecular flexibility index (Phi) is 4.82. The number of nitrogens with one attached hydrogen (secondary N) is 1. The van der Waals surface area contributed by atoms with E-state index in [1.54, 1.807) is 7.11 Å². The number of benzene rings is 2. The Morgan fingerprint density at radius 1 is 1.14 bits per heavy atom. The van der Waals surface area contributed by atoms with Crippen LogP contribution in [0.5, 0.6) is 5.75 Å². The summed E-state index contributed by atoms with van der Waals surface area (Å²) in [5.74, 6) is 1.21. The number of anilines is 1. The number of guanidine groups is 1. The molecule has 2 aromatic rings. The van der Waals surface area contributed by atoms with Crippen molar-refractivity contribution in [3.8, 4) is 5.75 Å². The third-order valence-corrected chi connectivity index (χ3v) is 3.11. The zero-order valence-electron chi connectivity index (χ0n) is 12.7. The molecule has 0 heterocycles. The van der Waals surface area contributed by atoms with Gasteiger partial charge in [-0.25, -0.2) is 4.99 Å². The minimum absolute atomic E-state index is 0.394. The van der Waals surface area contributed by atoms with Crippen molar-refractivity contribution in [1.29, 1.82) is 0 Å². The van der Waals surface area contributed by atoms with E-state index >= 15 is 0 Å². The van der Waals surface area contributed by atoms with E-state index in [-0.39, 0.29) is 0 Å². The van der Waals surface area contributed by atoms with Crippen molar-refractivity contribution in [2.24, 2.45) is 10.7 Å². The van der Waals surface area contributed by atoms with Gasteiger partial charge in [-0.2, -0.15) is 0 Å². The minimum atomic E-state index is 0.394. The average Bonchev–Trinajstić information content (AvgIpc) is 2.44. The molecular weight excluding hydrogens is 262 g/mol. The van der Waals surface area contributed by atoms with Gasteiger partial charge in [0.05, 0.1) is 13.7 Å². The van der Waals surface area contributed by atoms with Crippen LogP contribution in [-0.2, 0) is 6.54 Å². The number of rotatable bonds is 4. The van der Waals surface area contributed by atoms with Crippen molar-refractivity contribution < 1.29 is 4.74 Å². The van der Waals surface area contributed by atoms with Crippen LogP contribution >= 0.6 is 0 Å². The van der Waals surface area contributed by atoms with Gasteiger partial charge in [0.1, 0.15) is 5.75 Å². The first kappa shape index (κ1) is 14.9. The second kappa shape index (κ2) is 6.79. The Labute approximate surface area is 125 Å². The Morgan fingerprint density at radius 3 is 2.48 bits per heavy atom. The van der Waals surface area contributed by atoms with Gasteiger partial charge in [0.25, 0.3) is 0 Å². The summed E-state index contributed by atoms with van der Waals surface area (Å²) in [6.45, 7) is 4.59. The van der Waals surface area contributed by atoms with Gasteiger partial charge in [-0.15, -0.1) is 0 Å². The quantitative estimate of drug-likeness (QED) is 0.669. The molecule has 0 aromatic heterocycles. The Balaban J connectivity index is 2.07. The molecule has 2 rings (SSSR count). The standard InChI is InChI=1S/C17H21N3O/c1-12-8-13(2)10-15(9-12)20-17(18)19-11-14-6-4-5-7-16(14)21-3/h4-10H,11H2,1-3H3,(H3,18,19,20). The van der Waals surface area contributed by atoms with E-state index in [9.17, 15) is 0 Å². The maximum atomic E-state index is 5.94. The second-order valence-electron chi connectivity index (χ2n) is 5.01. The third-order valence-electron chi connectivity index (χ3n) is 3.11. The fraction of sp³-hybridized carbons (Fsp3) is 0.235. The number of aliphatic imine (C=N–C) groups is 1. The average molecular weight is 283 g/mol. The summed E-state index contributed by atoms with van der Waals surface area (Å²) in [6, 6.07) is 14.0. The molecule has 0 amide bonds. The van der Waals surface area contributed by atoms with Gasteiger partial charge in [-0.1, -0.05) is 24.3 Å². The van der Waals surface area contributed by atoms with Crippen LogP contribution in [0.15, 0.2) is 47.5 Å². The molecule has 0 spiro atoms. The van der Waals surface area contributed by atoms with Crippen molar-refractivity contribution in [1.82, 2.24) is 0 Å². The molecule has 0 aliphatic carbocycles. The number of aryl methyl sites for hydroxylation is 2. The first-order valence-corrected chi connectivity index (χ1v) is 6.85. The summed E-state index contributed by atoms with van der Waals surface area (Å²) in [5, 5.41) is 3.12. The highest BCUT2D eigenvalue weighted by molar-refractivity contribution is 5.92. The molecule has 21 heavy (non-hydrogen) atoms. The van der Waals surface area contributed by atoms with E-state index in [2.05, 4.69) is 30.2 Å². The number of nitrogens with zero attached hydrogens (tertiary/aromatic N) is 1. The van der Waals surface area contributed by atoms with E-state index in [1.165, 1.54) is 11.1 Å². The number of hydrogen-bond acceptors (Lipinski definition) is 2. The predicted octanol–water partition coefficient (Wildman–Crippen LogP) is 3.24. The summed E-state index contributed by atoms with van der Waals surface area (Å²) in [5.41, 5.74) is 10.3. The monoisotopic (exact) mass is 283 g/mol. The molecule has 0 atom stereocenters. The summed E-state index contributed by atoms with van der Waals surface area (Å²) < 4.78 is 5.30. The molecular formula is C17H21N3O. The van der Waals surface area contributed by atoms with Crippen molar-refractivity contribution in [2.45, 2.75) is 20.4 Å². The van der Waals surface area contributed by atoms with Gasteiger partial charge in [-0.3, -0.25) is 0 Å². The summed E-state index contributed by atoms with van der Waals surface area (Å²) in [6.07, 6.45) is 0. The molecule has 0 aliphatic heterocycles. The van der Waals surface area contributed by atoms with Gasteiger partial charge in [0.2, 0.25) is 0 Å². The lowest BCUT2D eigenvalue weighted by Gasteiger charge is -2.09. The van der Waals surface area contributed by atoms with E-state index in [1.807, 2.05) is 36.4 Å². The summed E-state index contributed by atoms with van der Waals surface area (Å²) >= 11 is 0. The van der Waals surface area contributed by atoms with E-state index in [0.717, 1.165) is 17.0 Å². The van der Waals surface area contributed by atoms with Crippen LogP contribution in [0.3, 0.4) is 0 Å². The maximum Gasteiger partial charge on any atom is 0.193 e. The van der Waals surface area contributed by atoms with Crippen LogP contribution in [0, 0.1) is 13.8 Å². The van der Waals surface area contributed by atoms with Gasteiger partial charge in [0, 0.05) is 11.3 Å². The molecule has 0 fully saturated rings. The number of nitrogens with two attached hydrogens (primary N) is 1. The maximum absolute atomic E-state index is 5.94. The number of ether oxygens (including phenoxy) is 1. The second-order valence-corrected chi connectivity index (χ2v) is 5.01. The molecule has 0 saturated carbocycles. The van der Waals surface area contributed by atoms with Crippen molar-refractivity contribution >= 4 is 11.6 Å². The van der Waals surface area contributed by atoms with Crippen LogP contribution in [0.2, 0.25) is 0 Å². The molecule has 110 valence electrons. The number of methoxy groups -OCH3 is 1. The van der Waals surface area contributed by atoms with Crippen molar-refractivity contribution in [2.75, 3.05) is 12.4 Å². The van der Waals surface area contributed by atoms with Crippen LogP contribution in [0.4, 0.5) is 5.69 Å². The first-order chi connectivity index (χ1) is 10.1. The SMILES string of the molecule is COc1ccccc1CN=C(N)Nc1cc(C)cc(C)c1. The van der Waals surface area contributed by atoms with E-state index in [4.69, 9.17) is 10.5 Å². The molecule has 3 N–H and O–H groups in total. The minimum Gasteiger partial charge on any atom is -0.496 e. The lowest BCUT2D eigenvalue weighted by Crippen LogP contribution is -2.22. The first-order valence-electron chi connectivity index (χ1n) is 6.85. The molecule has 4 heteroatoms. The Bertz CT molecular complexity index is 630.